The highest BCUT2D eigenvalue weighted by molar-refractivity contribution is 5.86. The van der Waals surface area contributed by atoms with Crippen LogP contribution in [-0.4, -0.2) is 62.6 Å². The summed E-state index contributed by atoms with van der Waals surface area (Å²) >= 11 is 0. The average Bonchev–Trinajstić information content (AvgIpc) is 2.42. The van der Waals surface area contributed by atoms with Crippen molar-refractivity contribution in [1.29, 1.82) is 0 Å². The van der Waals surface area contributed by atoms with Gasteiger partial charge in [0, 0.05) is 0 Å². The normalized spacial score (nSPS) is 13.4. The van der Waals surface area contributed by atoms with Crippen LogP contribution in [0.25, 0.3) is 0 Å². The fourth-order valence-corrected chi connectivity index (χ4v) is 1.74. The average molecular weight is 302 g/mol. The van der Waals surface area contributed by atoms with E-state index in [0.717, 1.165) is 6.42 Å². The Labute approximate surface area is 126 Å². The van der Waals surface area contributed by atoms with Crippen molar-refractivity contribution in [2.24, 2.45) is 5.92 Å². The van der Waals surface area contributed by atoms with Gasteiger partial charge in [-0.25, -0.2) is 4.79 Å². The van der Waals surface area contributed by atoms with Crippen LogP contribution < -0.4 is 5.32 Å². The van der Waals surface area contributed by atoms with Crippen molar-refractivity contribution in [3.8, 4) is 0 Å². The lowest BCUT2D eigenvalue weighted by molar-refractivity contribution is -0.147. The summed E-state index contributed by atoms with van der Waals surface area (Å²) in [6, 6.07) is -0.677. The van der Waals surface area contributed by atoms with E-state index in [-0.39, 0.29) is 30.9 Å². The lowest BCUT2D eigenvalue weighted by Crippen LogP contribution is -2.49. The summed E-state index contributed by atoms with van der Waals surface area (Å²) in [5.74, 6) is -1.22. The van der Waals surface area contributed by atoms with E-state index in [9.17, 15) is 14.4 Å². The molecule has 0 bridgehead atoms. The molecule has 0 spiro atoms. The van der Waals surface area contributed by atoms with Crippen molar-refractivity contribution in [3.63, 3.8) is 0 Å². The van der Waals surface area contributed by atoms with E-state index >= 15 is 0 Å². The molecular formula is C14H26N2O5. The number of rotatable bonds is 9. The van der Waals surface area contributed by atoms with Gasteiger partial charge < -0.3 is 14.8 Å². The van der Waals surface area contributed by atoms with E-state index in [1.807, 2.05) is 13.8 Å². The maximum absolute atomic E-state index is 11.9. The molecule has 0 aliphatic heterocycles. The van der Waals surface area contributed by atoms with E-state index in [1.165, 1.54) is 12.0 Å². The van der Waals surface area contributed by atoms with Gasteiger partial charge in [-0.1, -0.05) is 20.3 Å². The Morgan fingerprint density at radius 1 is 1.19 bits per heavy atom. The Bertz CT molecular complexity index is 359. The van der Waals surface area contributed by atoms with Crippen LogP contribution in [0.1, 0.15) is 27.2 Å². The summed E-state index contributed by atoms with van der Waals surface area (Å²) < 4.78 is 9.50. The zero-order valence-electron chi connectivity index (χ0n) is 13.5. The quantitative estimate of drug-likeness (QED) is 0.612. The first-order valence-electron chi connectivity index (χ1n) is 7.06. The van der Waals surface area contributed by atoms with Gasteiger partial charge in [-0.3, -0.25) is 14.5 Å². The number of likely N-dealkylation sites (N-methyl/N-ethyl adjacent to an activating group) is 1. The summed E-state index contributed by atoms with van der Waals surface area (Å²) in [7, 11) is 2.92. The molecule has 0 aromatic carbocycles. The van der Waals surface area contributed by atoms with Gasteiger partial charge in [-0.2, -0.15) is 0 Å². The Morgan fingerprint density at radius 2 is 1.81 bits per heavy atom. The summed E-state index contributed by atoms with van der Waals surface area (Å²) in [5, 5.41) is 2.65. The number of carbonyl (C=O) groups excluding carboxylic acids is 3. The fraction of sp³-hybridized carbons (Fsp3) is 0.786. The molecule has 0 saturated heterocycles. The number of carbonyl (C=O) groups is 3. The lowest BCUT2D eigenvalue weighted by atomic mass is 9.99. The minimum absolute atomic E-state index is 0.00272. The second kappa shape index (κ2) is 10.1. The molecule has 2 unspecified atom stereocenters. The molecular weight excluding hydrogens is 276 g/mol. The maximum Gasteiger partial charge on any atom is 0.328 e. The molecule has 122 valence electrons. The first-order chi connectivity index (χ1) is 9.85. The van der Waals surface area contributed by atoms with Crippen LogP contribution in [0.3, 0.4) is 0 Å². The van der Waals surface area contributed by atoms with Crippen LogP contribution in [0.2, 0.25) is 0 Å². The van der Waals surface area contributed by atoms with Gasteiger partial charge in [0.2, 0.25) is 5.91 Å². The Hall–Kier alpha value is -1.63. The second-order valence-corrected chi connectivity index (χ2v) is 4.93. The Kier molecular flexibility index (Phi) is 9.36. The molecule has 0 aliphatic rings. The molecule has 0 aromatic rings. The van der Waals surface area contributed by atoms with Crippen molar-refractivity contribution < 1.29 is 23.9 Å². The van der Waals surface area contributed by atoms with Crippen LogP contribution in [0.5, 0.6) is 0 Å². The van der Waals surface area contributed by atoms with Crippen LogP contribution in [0, 0.1) is 5.92 Å². The number of nitrogens with zero attached hydrogens (tertiary/aromatic N) is 1. The third kappa shape index (κ3) is 7.65. The van der Waals surface area contributed by atoms with Crippen LogP contribution in [0.4, 0.5) is 0 Å². The molecule has 7 nitrogen and oxygen atoms in total. The van der Waals surface area contributed by atoms with Gasteiger partial charge in [0.05, 0.1) is 26.8 Å². The summed E-state index contributed by atoms with van der Waals surface area (Å²) in [6.45, 7) is 5.84. The molecule has 1 amide bonds. The monoisotopic (exact) mass is 302 g/mol. The molecule has 0 aromatic heterocycles. The van der Waals surface area contributed by atoms with Crippen molar-refractivity contribution in [2.45, 2.75) is 33.2 Å². The lowest BCUT2D eigenvalue weighted by Gasteiger charge is -2.23. The van der Waals surface area contributed by atoms with Gasteiger partial charge in [0.25, 0.3) is 0 Å². The van der Waals surface area contributed by atoms with Gasteiger partial charge in [-0.05, 0) is 19.9 Å². The van der Waals surface area contributed by atoms with Gasteiger partial charge in [0.15, 0.2) is 0 Å². The molecule has 1 N–H and O–H groups in total. The highest BCUT2D eigenvalue weighted by Crippen LogP contribution is 2.09. The molecule has 0 aliphatic carbocycles. The van der Waals surface area contributed by atoms with Gasteiger partial charge in [0.1, 0.15) is 6.04 Å². The highest BCUT2D eigenvalue weighted by Gasteiger charge is 2.27. The van der Waals surface area contributed by atoms with Crippen LogP contribution in [-0.2, 0) is 23.9 Å². The molecule has 0 radical (unpaired) electrons. The molecule has 2 atom stereocenters. The number of nitrogens with one attached hydrogen (secondary N) is 1. The third-order valence-electron chi connectivity index (χ3n) is 3.10. The molecule has 0 fully saturated rings. The number of methoxy groups -OCH3 is 1. The number of ether oxygens (including phenoxy) is 2. The van der Waals surface area contributed by atoms with Gasteiger partial charge >= 0.3 is 11.9 Å². The highest BCUT2D eigenvalue weighted by atomic mass is 16.5. The first-order valence-corrected chi connectivity index (χ1v) is 7.06. The zero-order valence-corrected chi connectivity index (χ0v) is 13.5. The zero-order chi connectivity index (χ0) is 16.4. The fourth-order valence-electron chi connectivity index (χ4n) is 1.74. The smallest absolute Gasteiger partial charge is 0.328 e. The predicted octanol–water partition coefficient (Wildman–Crippen LogP) is 0.185. The van der Waals surface area contributed by atoms with Crippen molar-refractivity contribution in [3.05, 3.63) is 0 Å². The molecule has 0 heterocycles. The Morgan fingerprint density at radius 3 is 2.29 bits per heavy atom. The third-order valence-corrected chi connectivity index (χ3v) is 3.10. The number of amides is 1. The van der Waals surface area contributed by atoms with Crippen LogP contribution >= 0.6 is 0 Å². The van der Waals surface area contributed by atoms with Crippen molar-refractivity contribution >= 4 is 17.8 Å². The van der Waals surface area contributed by atoms with Gasteiger partial charge in [-0.15, -0.1) is 0 Å². The second-order valence-electron chi connectivity index (χ2n) is 4.93. The van der Waals surface area contributed by atoms with E-state index < -0.39 is 12.0 Å². The minimum atomic E-state index is -0.677. The summed E-state index contributed by atoms with van der Waals surface area (Å²) in [6.07, 6.45) is 0.735. The summed E-state index contributed by atoms with van der Waals surface area (Å²) in [4.78, 5) is 36.4. The van der Waals surface area contributed by atoms with Crippen molar-refractivity contribution in [1.82, 2.24) is 10.2 Å². The SMILES string of the molecule is CCOC(=O)CN(C)CC(=O)NC(C(=O)OC)C(C)CC. The maximum atomic E-state index is 11.9. The molecule has 0 rings (SSSR count). The van der Waals surface area contributed by atoms with E-state index in [4.69, 9.17) is 9.47 Å². The van der Waals surface area contributed by atoms with E-state index in [1.54, 1.807) is 14.0 Å². The largest absolute Gasteiger partial charge is 0.467 e. The number of esters is 2. The topological polar surface area (TPSA) is 84.9 Å². The minimum Gasteiger partial charge on any atom is -0.467 e. The molecule has 0 saturated carbocycles. The predicted molar refractivity (Wildman–Crippen MR) is 77.5 cm³/mol. The molecule has 7 heteroatoms. The van der Waals surface area contributed by atoms with Crippen molar-refractivity contribution in [2.75, 3.05) is 33.9 Å². The standard InChI is InChI=1S/C14H26N2O5/c1-6-10(3)13(14(19)20-5)15-11(17)8-16(4)9-12(18)21-7-2/h10,13H,6-9H2,1-5H3,(H,15,17). The first kappa shape index (κ1) is 19.4. The summed E-state index contributed by atoms with van der Waals surface area (Å²) in [5.41, 5.74) is 0. The number of hydrogen-bond acceptors (Lipinski definition) is 6. The Balaban J connectivity index is 4.43. The van der Waals surface area contributed by atoms with E-state index in [0.29, 0.717) is 6.61 Å². The molecule has 21 heavy (non-hydrogen) atoms. The van der Waals surface area contributed by atoms with E-state index in [2.05, 4.69) is 5.32 Å². The number of hydrogen-bond donors (Lipinski definition) is 1. The van der Waals surface area contributed by atoms with Crippen LogP contribution in [0.15, 0.2) is 0 Å².